The van der Waals surface area contributed by atoms with E-state index in [1.165, 1.54) is 18.2 Å². The van der Waals surface area contributed by atoms with E-state index in [4.69, 9.17) is 10.5 Å². The molecule has 5 heteroatoms. The maximum absolute atomic E-state index is 13.3. The number of hydrogen-bond acceptors (Lipinski definition) is 3. The first-order chi connectivity index (χ1) is 9.21. The zero-order valence-electron chi connectivity index (χ0n) is 12.1. The maximum Gasteiger partial charge on any atom is 0.315 e. The first-order valence-corrected chi connectivity index (χ1v) is 6.55. The standard InChI is InChI=1S/C15H22FNO3/c1-14(2,3)20-8-7-15(10-17,13(18)19)11-5-4-6-12(16)9-11/h4-6,9H,7-8,10,17H2,1-3H3,(H,18,19). The van der Waals surface area contributed by atoms with Crippen molar-refractivity contribution in [3.63, 3.8) is 0 Å². The molecule has 1 atom stereocenters. The van der Waals surface area contributed by atoms with Gasteiger partial charge in [0.15, 0.2) is 0 Å². The maximum atomic E-state index is 13.3. The first kappa shape index (κ1) is 16.6. The second-order valence-electron chi connectivity index (χ2n) is 5.81. The number of carboxylic acids is 1. The Labute approximate surface area is 118 Å². The predicted octanol–water partition coefficient (Wildman–Crippen LogP) is 2.31. The highest BCUT2D eigenvalue weighted by Gasteiger charge is 2.39. The lowest BCUT2D eigenvalue weighted by atomic mass is 9.77. The van der Waals surface area contributed by atoms with E-state index >= 15 is 0 Å². The Bertz CT molecular complexity index is 470. The summed E-state index contributed by atoms with van der Waals surface area (Å²) in [5, 5.41) is 9.54. The van der Waals surface area contributed by atoms with Crippen LogP contribution in [0.15, 0.2) is 24.3 Å². The first-order valence-electron chi connectivity index (χ1n) is 6.55. The zero-order valence-corrected chi connectivity index (χ0v) is 12.1. The predicted molar refractivity (Wildman–Crippen MR) is 75.1 cm³/mol. The van der Waals surface area contributed by atoms with Crippen molar-refractivity contribution in [2.24, 2.45) is 5.73 Å². The highest BCUT2D eigenvalue weighted by atomic mass is 19.1. The molecular weight excluding hydrogens is 261 g/mol. The Morgan fingerprint density at radius 2 is 2.05 bits per heavy atom. The molecule has 0 saturated heterocycles. The average Bonchev–Trinajstić information content (AvgIpc) is 2.33. The van der Waals surface area contributed by atoms with Gasteiger partial charge in [-0.1, -0.05) is 12.1 Å². The van der Waals surface area contributed by atoms with Crippen molar-refractivity contribution < 1.29 is 19.0 Å². The summed E-state index contributed by atoms with van der Waals surface area (Å²) >= 11 is 0. The summed E-state index contributed by atoms with van der Waals surface area (Å²) in [6, 6.07) is 5.57. The van der Waals surface area contributed by atoms with Crippen molar-refractivity contribution in [3.8, 4) is 0 Å². The summed E-state index contributed by atoms with van der Waals surface area (Å²) in [6.07, 6.45) is 0.194. The third-order valence-electron chi connectivity index (χ3n) is 3.20. The molecule has 0 saturated carbocycles. The molecule has 0 heterocycles. The molecule has 0 aliphatic rings. The van der Waals surface area contributed by atoms with E-state index in [1.807, 2.05) is 20.8 Å². The summed E-state index contributed by atoms with van der Waals surface area (Å²) in [7, 11) is 0. The van der Waals surface area contributed by atoms with Crippen molar-refractivity contribution in [1.29, 1.82) is 0 Å². The van der Waals surface area contributed by atoms with Crippen molar-refractivity contribution in [2.45, 2.75) is 38.2 Å². The average molecular weight is 283 g/mol. The van der Waals surface area contributed by atoms with E-state index in [9.17, 15) is 14.3 Å². The molecule has 4 nitrogen and oxygen atoms in total. The van der Waals surface area contributed by atoms with Crippen LogP contribution in [0.25, 0.3) is 0 Å². The molecule has 20 heavy (non-hydrogen) atoms. The fourth-order valence-corrected chi connectivity index (χ4v) is 2.00. The van der Waals surface area contributed by atoms with E-state index in [2.05, 4.69) is 0 Å². The number of benzene rings is 1. The summed E-state index contributed by atoms with van der Waals surface area (Å²) in [6.45, 7) is 5.79. The second kappa shape index (κ2) is 6.33. The number of rotatable bonds is 6. The van der Waals surface area contributed by atoms with E-state index in [-0.39, 0.29) is 25.2 Å². The van der Waals surface area contributed by atoms with Gasteiger partial charge in [0, 0.05) is 13.2 Å². The van der Waals surface area contributed by atoms with Gasteiger partial charge in [-0.3, -0.25) is 4.79 Å². The summed E-state index contributed by atoms with van der Waals surface area (Å²) in [5.41, 5.74) is 4.36. The lowest BCUT2D eigenvalue weighted by Crippen LogP contribution is -2.44. The number of carbonyl (C=O) groups is 1. The Morgan fingerprint density at radius 3 is 2.50 bits per heavy atom. The lowest BCUT2D eigenvalue weighted by Gasteiger charge is -2.30. The Morgan fingerprint density at radius 1 is 1.40 bits per heavy atom. The van der Waals surface area contributed by atoms with Crippen molar-refractivity contribution in [3.05, 3.63) is 35.6 Å². The van der Waals surface area contributed by atoms with Crippen LogP contribution in [-0.4, -0.2) is 29.8 Å². The van der Waals surface area contributed by atoms with Crippen molar-refractivity contribution >= 4 is 5.97 Å². The largest absolute Gasteiger partial charge is 0.481 e. The highest BCUT2D eigenvalue weighted by molar-refractivity contribution is 5.81. The van der Waals surface area contributed by atoms with E-state index in [0.29, 0.717) is 5.56 Å². The third kappa shape index (κ3) is 4.02. The molecule has 0 aliphatic carbocycles. The fourth-order valence-electron chi connectivity index (χ4n) is 2.00. The Hall–Kier alpha value is -1.46. The van der Waals surface area contributed by atoms with E-state index < -0.39 is 17.2 Å². The van der Waals surface area contributed by atoms with Gasteiger partial charge >= 0.3 is 5.97 Å². The number of carboxylic acid groups (broad SMARTS) is 1. The summed E-state index contributed by atoms with van der Waals surface area (Å²) in [5.74, 6) is -1.54. The Balaban J connectivity index is 3.01. The number of hydrogen-bond donors (Lipinski definition) is 2. The molecule has 0 spiro atoms. The van der Waals surface area contributed by atoms with Crippen LogP contribution >= 0.6 is 0 Å². The van der Waals surface area contributed by atoms with Gasteiger partial charge in [0.05, 0.1) is 5.60 Å². The van der Waals surface area contributed by atoms with Gasteiger partial charge < -0.3 is 15.6 Å². The molecular formula is C15H22FNO3. The SMILES string of the molecule is CC(C)(C)OCCC(CN)(C(=O)O)c1cccc(F)c1. The number of nitrogens with two attached hydrogens (primary N) is 1. The van der Waals surface area contributed by atoms with Gasteiger partial charge in [0.25, 0.3) is 0 Å². The topological polar surface area (TPSA) is 72.5 Å². The molecule has 0 aromatic heterocycles. The fraction of sp³-hybridized carbons (Fsp3) is 0.533. The molecule has 0 fully saturated rings. The molecule has 0 amide bonds. The summed E-state index contributed by atoms with van der Waals surface area (Å²) in [4.78, 5) is 11.7. The molecule has 1 rings (SSSR count). The van der Waals surface area contributed by atoms with Crippen LogP contribution in [-0.2, 0) is 14.9 Å². The van der Waals surface area contributed by atoms with Crippen molar-refractivity contribution in [2.75, 3.05) is 13.2 Å². The number of halogens is 1. The molecule has 1 aromatic carbocycles. The summed E-state index contributed by atoms with van der Waals surface area (Å²) < 4.78 is 18.9. The van der Waals surface area contributed by atoms with Crippen LogP contribution in [0.4, 0.5) is 4.39 Å². The lowest BCUT2D eigenvalue weighted by molar-refractivity contribution is -0.145. The molecule has 0 bridgehead atoms. The molecule has 3 N–H and O–H groups in total. The smallest absolute Gasteiger partial charge is 0.315 e. The van der Waals surface area contributed by atoms with Gasteiger partial charge in [-0.05, 0) is 44.9 Å². The molecule has 0 aliphatic heterocycles. The molecule has 0 radical (unpaired) electrons. The second-order valence-corrected chi connectivity index (χ2v) is 5.81. The minimum atomic E-state index is -1.33. The third-order valence-corrected chi connectivity index (χ3v) is 3.20. The van der Waals surface area contributed by atoms with E-state index in [1.54, 1.807) is 6.07 Å². The molecule has 1 unspecified atom stereocenters. The van der Waals surface area contributed by atoms with Gasteiger partial charge in [-0.15, -0.1) is 0 Å². The van der Waals surface area contributed by atoms with Crippen LogP contribution in [0.3, 0.4) is 0 Å². The van der Waals surface area contributed by atoms with Gasteiger partial charge in [0.2, 0.25) is 0 Å². The number of aliphatic carboxylic acids is 1. The van der Waals surface area contributed by atoms with Crippen LogP contribution in [0, 0.1) is 5.82 Å². The monoisotopic (exact) mass is 283 g/mol. The minimum absolute atomic E-state index is 0.112. The highest BCUT2D eigenvalue weighted by Crippen LogP contribution is 2.29. The zero-order chi connectivity index (χ0) is 15.4. The van der Waals surface area contributed by atoms with E-state index in [0.717, 1.165) is 0 Å². The molecule has 112 valence electrons. The van der Waals surface area contributed by atoms with Crippen LogP contribution in [0.2, 0.25) is 0 Å². The molecule has 1 aromatic rings. The van der Waals surface area contributed by atoms with Gasteiger partial charge in [-0.25, -0.2) is 4.39 Å². The van der Waals surface area contributed by atoms with Gasteiger partial charge in [-0.2, -0.15) is 0 Å². The Kier molecular flexibility index (Phi) is 5.25. The van der Waals surface area contributed by atoms with Crippen LogP contribution in [0.5, 0.6) is 0 Å². The van der Waals surface area contributed by atoms with Crippen LogP contribution < -0.4 is 5.73 Å². The number of ether oxygens (including phenoxy) is 1. The van der Waals surface area contributed by atoms with Crippen molar-refractivity contribution in [1.82, 2.24) is 0 Å². The quantitative estimate of drug-likeness (QED) is 0.840. The van der Waals surface area contributed by atoms with Gasteiger partial charge in [0.1, 0.15) is 11.2 Å². The van der Waals surface area contributed by atoms with Crippen LogP contribution in [0.1, 0.15) is 32.8 Å². The normalized spacial score (nSPS) is 14.8. The minimum Gasteiger partial charge on any atom is -0.481 e.